The van der Waals surface area contributed by atoms with Crippen LogP contribution in [0.15, 0.2) is 11.6 Å². The molecule has 0 aromatic heterocycles. The molecule has 0 N–H and O–H groups in total. The molecule has 0 nitrogen and oxygen atoms in total. The Morgan fingerprint density at radius 3 is 1.73 bits per heavy atom. The summed E-state index contributed by atoms with van der Waals surface area (Å²) in [6.45, 7) is 6.52. The monoisotopic (exact) mass is 530 g/mol. The zero-order valence-electron chi connectivity index (χ0n) is 7.07. The Hall–Kier alpha value is 2.51. The van der Waals surface area contributed by atoms with Gasteiger partial charge in [0, 0.05) is 0 Å². The van der Waals surface area contributed by atoms with E-state index in [0.717, 1.165) is 0 Å². The second-order valence-corrected chi connectivity index (χ2v) is 37.4. The molecular weight excluding hydrogens is 516 g/mol. The molecule has 0 aliphatic rings. The average Bonchev–Trinajstić information content (AvgIpc) is 1.87. The number of rotatable bonds is 2. The first-order valence-electron chi connectivity index (χ1n) is 3.47. The van der Waals surface area contributed by atoms with Crippen LogP contribution in [0.2, 0.25) is 0 Å². The van der Waals surface area contributed by atoms with Gasteiger partial charge in [0.15, 0.2) is 0 Å². The van der Waals surface area contributed by atoms with Crippen molar-refractivity contribution in [2.75, 3.05) is 0 Å². The topological polar surface area (TPSA) is 0 Å². The van der Waals surface area contributed by atoms with Gasteiger partial charge < -0.3 is 0 Å². The van der Waals surface area contributed by atoms with Crippen molar-refractivity contribution in [1.82, 2.24) is 0 Å². The Labute approximate surface area is 108 Å². The van der Waals surface area contributed by atoms with Crippen molar-refractivity contribution in [3.63, 3.8) is 0 Å². The van der Waals surface area contributed by atoms with Gasteiger partial charge in [-0.15, -0.1) is 0 Å². The Kier molecular flexibility index (Phi) is 18.2. The van der Waals surface area contributed by atoms with Gasteiger partial charge in [0.1, 0.15) is 0 Å². The minimum absolute atomic E-state index is 0.278. The second-order valence-electron chi connectivity index (χ2n) is 2.00. The van der Waals surface area contributed by atoms with Crippen LogP contribution in [0.5, 0.6) is 0 Å². The van der Waals surface area contributed by atoms with E-state index in [1.165, 1.54) is 18.4 Å². The van der Waals surface area contributed by atoms with E-state index in [2.05, 4.69) is 86.8 Å². The van der Waals surface area contributed by atoms with E-state index in [0.29, 0.717) is 0 Å². The molecule has 68 valence electrons. The molecule has 0 aromatic carbocycles. The molecule has 0 aliphatic heterocycles. The van der Waals surface area contributed by atoms with E-state index in [-0.39, 0.29) is 4.92 Å². The molecule has 0 fully saturated rings. The summed E-state index contributed by atoms with van der Waals surface area (Å²) < 4.78 is 0. The molecule has 0 spiro atoms. The van der Waals surface area contributed by atoms with E-state index < -0.39 is 0 Å². The van der Waals surface area contributed by atoms with Crippen LogP contribution < -0.4 is 0 Å². The van der Waals surface area contributed by atoms with E-state index >= 15 is 0 Å². The van der Waals surface area contributed by atoms with Gasteiger partial charge in [-0.05, 0) is 19.8 Å². The predicted molar refractivity (Wildman–Crippen MR) is 76.4 cm³/mol. The fourth-order valence-electron chi connectivity index (χ4n) is 0.493. The van der Waals surface area contributed by atoms with Crippen molar-refractivity contribution in [3.05, 3.63) is 11.6 Å². The SMILES string of the molecule is CC/C=C(/C)CC.[I][V]([I])[I]. The maximum absolute atomic E-state index is 2.46. The molecule has 0 atom stereocenters. The summed E-state index contributed by atoms with van der Waals surface area (Å²) in [7, 11) is 0. The van der Waals surface area contributed by atoms with Crippen LogP contribution in [0, 0.1) is 0 Å². The summed E-state index contributed by atoms with van der Waals surface area (Å²) in [4.78, 5) is -0.278. The molecule has 0 heterocycles. The number of hydrogen-bond acceptors (Lipinski definition) is 0. The number of hydrogen-bond donors (Lipinski definition) is 0. The van der Waals surface area contributed by atoms with Crippen molar-refractivity contribution >= 4 is 59.9 Å². The first-order chi connectivity index (χ1) is 5.04. The summed E-state index contributed by atoms with van der Waals surface area (Å²) in [6, 6.07) is 0. The average molecular weight is 530 g/mol. The Bertz CT molecular complexity index is 99.1. The molecule has 0 saturated heterocycles. The van der Waals surface area contributed by atoms with Crippen LogP contribution in [-0.2, 0) is 4.92 Å². The molecule has 0 unspecified atom stereocenters. The van der Waals surface area contributed by atoms with Gasteiger partial charge in [0.2, 0.25) is 0 Å². The van der Waals surface area contributed by atoms with Crippen LogP contribution in [0.1, 0.15) is 33.6 Å². The van der Waals surface area contributed by atoms with Crippen molar-refractivity contribution < 1.29 is 4.92 Å². The van der Waals surface area contributed by atoms with E-state index in [1.54, 1.807) is 0 Å². The van der Waals surface area contributed by atoms with Crippen LogP contribution >= 0.6 is 59.9 Å². The van der Waals surface area contributed by atoms with E-state index in [1.807, 2.05) is 0 Å². The number of halogens is 3. The van der Waals surface area contributed by atoms with Crippen molar-refractivity contribution in [2.45, 2.75) is 33.6 Å². The van der Waals surface area contributed by atoms with Crippen LogP contribution in [-0.4, -0.2) is 0 Å². The molecule has 0 amide bonds. The van der Waals surface area contributed by atoms with Gasteiger partial charge in [0.05, 0.1) is 0 Å². The summed E-state index contributed by atoms with van der Waals surface area (Å²) in [5.41, 5.74) is 1.50. The molecule has 0 saturated carbocycles. The van der Waals surface area contributed by atoms with Crippen molar-refractivity contribution in [1.29, 1.82) is 0 Å². The van der Waals surface area contributed by atoms with Gasteiger partial charge in [-0.2, -0.15) is 0 Å². The summed E-state index contributed by atoms with van der Waals surface area (Å²) in [6.07, 6.45) is 4.65. The Balaban J connectivity index is 0. The quantitative estimate of drug-likeness (QED) is 0.332. The predicted octanol–water partition coefficient (Wildman–Crippen LogP) is 5.41. The minimum atomic E-state index is -0.278. The summed E-state index contributed by atoms with van der Waals surface area (Å²) in [5.74, 6) is 0. The third kappa shape index (κ3) is 24.5. The van der Waals surface area contributed by atoms with E-state index in [4.69, 9.17) is 0 Å². The number of allylic oxidation sites excluding steroid dienone is 2. The van der Waals surface area contributed by atoms with E-state index in [9.17, 15) is 0 Å². The molecule has 0 rings (SSSR count). The first-order valence-corrected chi connectivity index (χ1v) is 17.0. The third-order valence-electron chi connectivity index (χ3n) is 1.11. The molecule has 0 radical (unpaired) electrons. The fourth-order valence-corrected chi connectivity index (χ4v) is 0.493. The Morgan fingerprint density at radius 1 is 1.27 bits per heavy atom. The molecular formula is C7H14I3V. The maximum atomic E-state index is 2.46. The van der Waals surface area contributed by atoms with Gasteiger partial charge in [-0.3, -0.25) is 0 Å². The first kappa shape index (κ1) is 16.0. The summed E-state index contributed by atoms with van der Waals surface area (Å²) in [5, 5.41) is 0. The molecule has 0 bridgehead atoms. The van der Waals surface area contributed by atoms with Crippen molar-refractivity contribution in [2.24, 2.45) is 0 Å². The second kappa shape index (κ2) is 12.5. The van der Waals surface area contributed by atoms with Crippen molar-refractivity contribution in [3.8, 4) is 0 Å². The van der Waals surface area contributed by atoms with Gasteiger partial charge in [0.25, 0.3) is 0 Å². The standard InChI is InChI=1S/C7H14.3HI.V/c1-4-6-7(3)5-2;;;;/h6H,4-5H2,1-3H3;3*1H;/q;;;;+3/p-3/b7-6-;;;;. The van der Waals surface area contributed by atoms with Crippen LogP contribution in [0.25, 0.3) is 0 Å². The van der Waals surface area contributed by atoms with Crippen LogP contribution in [0.4, 0.5) is 0 Å². The Morgan fingerprint density at radius 2 is 1.64 bits per heavy atom. The van der Waals surface area contributed by atoms with Crippen LogP contribution in [0.3, 0.4) is 0 Å². The zero-order chi connectivity index (χ0) is 9.28. The van der Waals surface area contributed by atoms with Gasteiger partial charge in [-0.25, -0.2) is 0 Å². The molecule has 11 heavy (non-hydrogen) atoms. The molecule has 0 aromatic rings. The van der Waals surface area contributed by atoms with Gasteiger partial charge in [-0.1, -0.05) is 25.5 Å². The molecule has 4 heteroatoms. The molecule has 0 aliphatic carbocycles. The summed E-state index contributed by atoms with van der Waals surface area (Å²) >= 11 is 7.39. The zero-order valence-corrected chi connectivity index (χ0v) is 14.9. The van der Waals surface area contributed by atoms with Gasteiger partial charge >= 0.3 is 64.9 Å². The third-order valence-corrected chi connectivity index (χ3v) is 1.11. The fraction of sp³-hybridized carbons (Fsp3) is 0.714. The normalized spacial score (nSPS) is 11.0.